The molecule has 0 aliphatic heterocycles. The van der Waals surface area contributed by atoms with Crippen molar-refractivity contribution in [2.24, 2.45) is 0 Å². The lowest BCUT2D eigenvalue weighted by molar-refractivity contribution is -0.213. The molecule has 1 fully saturated rings. The van der Waals surface area contributed by atoms with E-state index >= 15 is 0 Å². The molecule has 9 heteroatoms. The lowest BCUT2D eigenvalue weighted by Crippen LogP contribution is -2.45. The van der Waals surface area contributed by atoms with Crippen molar-refractivity contribution in [2.45, 2.75) is 44.2 Å². The summed E-state index contributed by atoms with van der Waals surface area (Å²) in [4.78, 5) is 22.6. The first-order valence-electron chi connectivity index (χ1n) is 9.76. The number of hydrogen-bond donors (Lipinski definition) is 1. The van der Waals surface area contributed by atoms with Crippen LogP contribution in [0.15, 0.2) is 48.5 Å². The quantitative estimate of drug-likeness (QED) is 0.458. The maximum Gasteiger partial charge on any atom is 0.416 e. The second kappa shape index (κ2) is 9.72. The molecular formula is C22H22F3NO5. The Balaban J connectivity index is 1.44. The third kappa shape index (κ3) is 6.37. The van der Waals surface area contributed by atoms with Gasteiger partial charge >= 0.3 is 12.3 Å². The Bertz CT molecular complexity index is 912. The van der Waals surface area contributed by atoms with Gasteiger partial charge in [-0.25, -0.2) is 4.79 Å². The van der Waals surface area contributed by atoms with E-state index in [0.29, 0.717) is 30.6 Å². The number of alkyl halides is 3. The predicted octanol–water partition coefficient (Wildman–Crippen LogP) is 4.61. The van der Waals surface area contributed by atoms with Gasteiger partial charge in [0.1, 0.15) is 5.75 Å². The number of alkyl carbamates (subject to hydrolysis) is 1. The minimum atomic E-state index is -4.41. The zero-order valence-corrected chi connectivity index (χ0v) is 16.6. The molecule has 1 saturated carbocycles. The third-order valence-corrected chi connectivity index (χ3v) is 4.90. The highest BCUT2D eigenvalue weighted by atomic mass is 19.4. The molecule has 0 atom stereocenters. The number of ether oxygens (including phenoxy) is 3. The van der Waals surface area contributed by atoms with Crippen LogP contribution in [0.3, 0.4) is 0 Å². The summed E-state index contributed by atoms with van der Waals surface area (Å²) in [5, 5.41) is 2.58. The smallest absolute Gasteiger partial charge is 0.416 e. The molecular weight excluding hydrogens is 415 g/mol. The number of carbonyl (C=O) groups is 2. The van der Waals surface area contributed by atoms with Gasteiger partial charge in [0.2, 0.25) is 0 Å². The maximum atomic E-state index is 12.7. The molecule has 0 saturated heterocycles. The van der Waals surface area contributed by atoms with E-state index in [2.05, 4.69) is 5.32 Å². The Hall–Kier alpha value is -3.23. The largest absolute Gasteiger partial charge is 0.452 e. The molecule has 0 unspecified atom stereocenters. The predicted molar refractivity (Wildman–Crippen MR) is 104 cm³/mol. The summed E-state index contributed by atoms with van der Waals surface area (Å²) in [6, 6.07) is 11.9. The number of amides is 1. The number of hydrogen-bond acceptors (Lipinski definition) is 5. The molecule has 3 rings (SSSR count). The van der Waals surface area contributed by atoms with Crippen LogP contribution in [0.1, 0.15) is 36.0 Å². The number of nitrogens with one attached hydrogen (secondary N) is 1. The summed E-state index contributed by atoms with van der Waals surface area (Å²) in [5.41, 5.74) is 0.432. The van der Waals surface area contributed by atoms with Crippen molar-refractivity contribution in [3.63, 3.8) is 0 Å². The molecule has 0 aromatic heterocycles. The number of halogens is 3. The van der Waals surface area contributed by atoms with Gasteiger partial charge in [0.15, 0.2) is 0 Å². The van der Waals surface area contributed by atoms with E-state index in [1.54, 1.807) is 30.3 Å². The van der Waals surface area contributed by atoms with Gasteiger partial charge in [0.05, 0.1) is 12.2 Å². The van der Waals surface area contributed by atoms with E-state index in [1.165, 1.54) is 6.07 Å². The van der Waals surface area contributed by atoms with Crippen LogP contribution in [0.5, 0.6) is 5.75 Å². The second-order valence-corrected chi connectivity index (χ2v) is 7.17. The van der Waals surface area contributed by atoms with Gasteiger partial charge in [-0.2, -0.15) is 13.2 Å². The fourth-order valence-corrected chi connectivity index (χ4v) is 3.12. The standard InChI is InChI=1S/C22H22F3NO5/c23-22(24,25)18-6-1-4-16(12-18)8-11-29-20(28)26-14-17-5-2-7-19(13-17)31-21(30-15-27)9-3-10-21/h1-2,4-7,12-13,15H,3,8-11,14H2,(H,26,28). The minimum Gasteiger partial charge on any atom is -0.452 e. The lowest BCUT2D eigenvalue weighted by atomic mass is 9.91. The summed E-state index contributed by atoms with van der Waals surface area (Å²) in [7, 11) is 0. The summed E-state index contributed by atoms with van der Waals surface area (Å²) >= 11 is 0. The first kappa shape index (κ1) is 22.5. The van der Waals surface area contributed by atoms with Crippen LogP contribution in [0, 0.1) is 0 Å². The average Bonchev–Trinajstić information content (AvgIpc) is 2.71. The Morgan fingerprint density at radius 2 is 1.84 bits per heavy atom. The molecule has 0 heterocycles. The molecule has 2 aromatic carbocycles. The average molecular weight is 437 g/mol. The maximum absolute atomic E-state index is 12.7. The molecule has 166 valence electrons. The molecule has 1 N–H and O–H groups in total. The van der Waals surface area contributed by atoms with Gasteiger partial charge in [0.25, 0.3) is 12.3 Å². The van der Waals surface area contributed by atoms with Crippen LogP contribution in [0.25, 0.3) is 0 Å². The van der Waals surface area contributed by atoms with Crippen molar-refractivity contribution in [1.82, 2.24) is 5.32 Å². The summed E-state index contributed by atoms with van der Waals surface area (Å²) in [5.74, 6) is -0.408. The molecule has 0 spiro atoms. The van der Waals surface area contributed by atoms with E-state index < -0.39 is 23.6 Å². The fraction of sp³-hybridized carbons (Fsp3) is 0.364. The number of benzene rings is 2. The van der Waals surface area contributed by atoms with E-state index in [-0.39, 0.29) is 19.6 Å². The first-order valence-corrected chi connectivity index (χ1v) is 9.76. The molecule has 2 aromatic rings. The van der Waals surface area contributed by atoms with E-state index in [4.69, 9.17) is 14.2 Å². The third-order valence-electron chi connectivity index (χ3n) is 4.90. The lowest BCUT2D eigenvalue weighted by Gasteiger charge is -2.39. The van der Waals surface area contributed by atoms with Crippen LogP contribution < -0.4 is 10.1 Å². The molecule has 31 heavy (non-hydrogen) atoms. The molecule has 1 amide bonds. The van der Waals surface area contributed by atoms with Crippen molar-refractivity contribution >= 4 is 12.6 Å². The first-order chi connectivity index (χ1) is 14.8. The molecule has 0 radical (unpaired) electrons. The highest BCUT2D eigenvalue weighted by Gasteiger charge is 2.41. The van der Waals surface area contributed by atoms with Crippen molar-refractivity contribution < 1.29 is 37.0 Å². The molecule has 6 nitrogen and oxygen atoms in total. The van der Waals surface area contributed by atoms with Crippen molar-refractivity contribution in [2.75, 3.05) is 6.61 Å². The van der Waals surface area contributed by atoms with E-state index in [0.717, 1.165) is 24.1 Å². The van der Waals surface area contributed by atoms with Crippen LogP contribution in [0.4, 0.5) is 18.0 Å². The molecule has 1 aliphatic rings. The topological polar surface area (TPSA) is 73.9 Å². The monoisotopic (exact) mass is 437 g/mol. The normalized spacial score (nSPS) is 14.8. The van der Waals surface area contributed by atoms with Gasteiger partial charge in [-0.1, -0.05) is 30.3 Å². The van der Waals surface area contributed by atoms with Crippen LogP contribution in [-0.2, 0) is 33.4 Å². The van der Waals surface area contributed by atoms with E-state index in [1.807, 2.05) is 0 Å². The minimum absolute atomic E-state index is 0.0537. The molecule has 1 aliphatic carbocycles. The fourth-order valence-electron chi connectivity index (χ4n) is 3.12. The summed E-state index contributed by atoms with van der Waals surface area (Å²) in [6.07, 6.45) is -2.79. The highest BCUT2D eigenvalue weighted by molar-refractivity contribution is 5.67. The van der Waals surface area contributed by atoms with Gasteiger partial charge in [-0.3, -0.25) is 4.79 Å². The Labute approximate surface area is 177 Å². The van der Waals surface area contributed by atoms with E-state index in [9.17, 15) is 22.8 Å². The number of rotatable bonds is 9. The summed E-state index contributed by atoms with van der Waals surface area (Å²) in [6.45, 7) is 0.489. The zero-order valence-electron chi connectivity index (χ0n) is 16.6. The van der Waals surface area contributed by atoms with Gasteiger partial charge < -0.3 is 19.5 Å². The Morgan fingerprint density at radius 3 is 2.52 bits per heavy atom. The highest BCUT2D eigenvalue weighted by Crippen LogP contribution is 2.37. The van der Waals surface area contributed by atoms with Gasteiger partial charge in [0, 0.05) is 25.8 Å². The van der Waals surface area contributed by atoms with Gasteiger partial charge in [-0.15, -0.1) is 0 Å². The molecule has 0 bridgehead atoms. The zero-order chi connectivity index (χ0) is 22.3. The Kier molecular flexibility index (Phi) is 7.04. The second-order valence-electron chi connectivity index (χ2n) is 7.17. The van der Waals surface area contributed by atoms with Crippen molar-refractivity contribution in [1.29, 1.82) is 0 Å². The Morgan fingerprint density at radius 1 is 1.10 bits per heavy atom. The summed E-state index contributed by atoms with van der Waals surface area (Å²) < 4.78 is 54.1. The van der Waals surface area contributed by atoms with Gasteiger partial charge in [-0.05, 0) is 35.7 Å². The number of carbonyl (C=O) groups excluding carboxylic acids is 2. The van der Waals surface area contributed by atoms with Crippen molar-refractivity contribution in [3.05, 3.63) is 65.2 Å². The SMILES string of the molecule is O=COC1(Oc2cccc(CNC(=O)OCCc3cccc(C(F)(F)F)c3)c2)CCC1. The van der Waals surface area contributed by atoms with Crippen LogP contribution in [-0.4, -0.2) is 25.0 Å². The van der Waals surface area contributed by atoms with Crippen LogP contribution >= 0.6 is 0 Å². The van der Waals surface area contributed by atoms with Crippen LogP contribution in [0.2, 0.25) is 0 Å². The van der Waals surface area contributed by atoms with Crippen molar-refractivity contribution in [3.8, 4) is 5.75 Å².